The molecule has 0 fully saturated rings. The lowest BCUT2D eigenvalue weighted by Gasteiger charge is -2.05. The van der Waals surface area contributed by atoms with Gasteiger partial charge >= 0.3 is 0 Å². The van der Waals surface area contributed by atoms with Crippen molar-refractivity contribution in [2.75, 3.05) is 0 Å². The van der Waals surface area contributed by atoms with E-state index in [0.29, 0.717) is 16.5 Å². The zero-order valence-corrected chi connectivity index (χ0v) is 8.01. The second-order valence-electron chi connectivity index (χ2n) is 2.54. The minimum absolute atomic E-state index is 0.304. The fraction of sp³-hybridized carbons (Fsp3) is 0.111. The average Bonchev–Trinajstić information content (AvgIpc) is 2.08. The van der Waals surface area contributed by atoms with Crippen molar-refractivity contribution in [1.29, 1.82) is 0 Å². The highest BCUT2D eigenvalue weighted by Gasteiger charge is 1.98. The lowest BCUT2D eigenvalue weighted by Crippen LogP contribution is -1.99. The summed E-state index contributed by atoms with van der Waals surface area (Å²) in [6, 6.07) is 5.63. The molecule has 0 atom stereocenters. The lowest BCUT2D eigenvalue weighted by atomic mass is 10.3. The number of benzene rings is 1. The van der Waals surface area contributed by atoms with Crippen LogP contribution in [0.15, 0.2) is 35.1 Å². The fourth-order valence-electron chi connectivity index (χ4n) is 0.695. The van der Waals surface area contributed by atoms with Crippen LogP contribution in [0.2, 0.25) is 0 Å². The first-order valence-electron chi connectivity index (χ1n) is 3.68. The molecule has 4 heteroatoms. The van der Waals surface area contributed by atoms with Gasteiger partial charge in [-0.05, 0) is 31.2 Å². The molecule has 0 radical (unpaired) electrons. The summed E-state index contributed by atoms with van der Waals surface area (Å²) in [5.41, 5.74) is 5.90. The molecule has 0 bridgehead atoms. The van der Waals surface area contributed by atoms with Gasteiger partial charge in [0, 0.05) is 0 Å². The van der Waals surface area contributed by atoms with Gasteiger partial charge in [0.15, 0.2) is 5.09 Å². The number of thiol groups is 1. The first-order chi connectivity index (χ1) is 6.09. The summed E-state index contributed by atoms with van der Waals surface area (Å²) in [5, 5.41) is 0.326. The fourth-order valence-corrected chi connectivity index (χ4v) is 0.800. The third-order valence-electron chi connectivity index (χ3n) is 1.37. The molecule has 0 unspecified atom stereocenters. The molecule has 0 saturated heterocycles. The minimum Gasteiger partial charge on any atom is -0.449 e. The first-order valence-corrected chi connectivity index (χ1v) is 4.13. The normalized spacial score (nSPS) is 12.2. The van der Waals surface area contributed by atoms with Crippen molar-refractivity contribution in [3.05, 3.63) is 40.9 Å². The molecule has 0 aliphatic heterocycles. The van der Waals surface area contributed by atoms with E-state index in [4.69, 9.17) is 10.5 Å². The van der Waals surface area contributed by atoms with Gasteiger partial charge in [-0.3, -0.25) is 0 Å². The van der Waals surface area contributed by atoms with Gasteiger partial charge in [0.25, 0.3) is 0 Å². The molecular formula is C9H10FNOS. The Morgan fingerprint density at radius 3 is 2.38 bits per heavy atom. The Labute approximate surface area is 81.6 Å². The highest BCUT2D eigenvalue weighted by molar-refractivity contribution is 7.84. The van der Waals surface area contributed by atoms with Gasteiger partial charge in [0.1, 0.15) is 11.6 Å². The van der Waals surface area contributed by atoms with Gasteiger partial charge in [-0.25, -0.2) is 4.39 Å². The van der Waals surface area contributed by atoms with Crippen LogP contribution in [-0.2, 0) is 0 Å². The number of ether oxygens (including phenoxy) is 1. The van der Waals surface area contributed by atoms with E-state index in [1.165, 1.54) is 24.3 Å². The van der Waals surface area contributed by atoms with Gasteiger partial charge in [-0.1, -0.05) is 0 Å². The quantitative estimate of drug-likeness (QED) is 0.566. The van der Waals surface area contributed by atoms with Crippen molar-refractivity contribution in [3.63, 3.8) is 0 Å². The van der Waals surface area contributed by atoms with Crippen LogP contribution >= 0.6 is 12.6 Å². The molecule has 70 valence electrons. The van der Waals surface area contributed by atoms with Crippen molar-refractivity contribution < 1.29 is 9.13 Å². The highest BCUT2D eigenvalue weighted by Crippen LogP contribution is 2.16. The number of hydrogen-bond donors (Lipinski definition) is 2. The molecule has 0 aliphatic rings. The van der Waals surface area contributed by atoms with Crippen LogP contribution in [0.3, 0.4) is 0 Å². The molecule has 0 aromatic heterocycles. The van der Waals surface area contributed by atoms with E-state index in [9.17, 15) is 4.39 Å². The summed E-state index contributed by atoms with van der Waals surface area (Å²) in [6.07, 6.45) is 0. The van der Waals surface area contributed by atoms with E-state index in [1.54, 1.807) is 6.92 Å². The monoisotopic (exact) mass is 199 g/mol. The molecule has 1 aromatic rings. The van der Waals surface area contributed by atoms with E-state index < -0.39 is 0 Å². The van der Waals surface area contributed by atoms with Gasteiger partial charge in [-0.15, -0.1) is 12.6 Å². The molecule has 0 heterocycles. The van der Waals surface area contributed by atoms with E-state index >= 15 is 0 Å². The first kappa shape index (κ1) is 9.92. The maximum absolute atomic E-state index is 12.5. The van der Waals surface area contributed by atoms with E-state index in [-0.39, 0.29) is 5.82 Å². The van der Waals surface area contributed by atoms with Crippen LogP contribution in [0.25, 0.3) is 0 Å². The minimum atomic E-state index is -0.304. The molecule has 0 spiro atoms. The van der Waals surface area contributed by atoms with Crippen LogP contribution in [-0.4, -0.2) is 0 Å². The molecule has 13 heavy (non-hydrogen) atoms. The number of nitrogens with two attached hydrogens (primary N) is 1. The SMILES string of the molecule is C/C(N)=C(/S)Oc1ccc(F)cc1. The van der Waals surface area contributed by atoms with Crippen LogP contribution < -0.4 is 10.5 Å². The lowest BCUT2D eigenvalue weighted by molar-refractivity contribution is 0.459. The summed E-state index contributed by atoms with van der Waals surface area (Å²) in [4.78, 5) is 0. The molecule has 0 saturated carbocycles. The molecule has 0 aliphatic carbocycles. The summed E-state index contributed by atoms with van der Waals surface area (Å²) < 4.78 is 17.7. The van der Waals surface area contributed by atoms with Crippen molar-refractivity contribution >= 4 is 12.6 Å². The van der Waals surface area contributed by atoms with Crippen LogP contribution in [0, 0.1) is 5.82 Å². The number of halogens is 1. The van der Waals surface area contributed by atoms with Crippen molar-refractivity contribution in [3.8, 4) is 5.75 Å². The van der Waals surface area contributed by atoms with Gasteiger partial charge in [-0.2, -0.15) is 0 Å². The second-order valence-corrected chi connectivity index (χ2v) is 2.95. The Morgan fingerprint density at radius 2 is 1.92 bits per heavy atom. The summed E-state index contributed by atoms with van der Waals surface area (Å²) in [6.45, 7) is 1.67. The number of rotatable bonds is 2. The molecular weight excluding hydrogens is 189 g/mol. The summed E-state index contributed by atoms with van der Waals surface area (Å²) in [7, 11) is 0. The van der Waals surface area contributed by atoms with Crippen molar-refractivity contribution in [1.82, 2.24) is 0 Å². The topological polar surface area (TPSA) is 35.2 Å². The Bertz CT molecular complexity index is 317. The van der Waals surface area contributed by atoms with Crippen LogP contribution in [0.1, 0.15) is 6.92 Å². The van der Waals surface area contributed by atoms with Gasteiger partial charge in [0.05, 0.1) is 5.70 Å². The molecule has 2 N–H and O–H groups in total. The van der Waals surface area contributed by atoms with Crippen molar-refractivity contribution in [2.45, 2.75) is 6.92 Å². The van der Waals surface area contributed by atoms with E-state index in [1.807, 2.05) is 0 Å². The van der Waals surface area contributed by atoms with E-state index in [0.717, 1.165) is 0 Å². The molecule has 1 aromatic carbocycles. The predicted molar refractivity (Wildman–Crippen MR) is 52.9 cm³/mol. The van der Waals surface area contributed by atoms with Gasteiger partial charge in [0.2, 0.25) is 0 Å². The predicted octanol–water partition coefficient (Wildman–Crippen LogP) is 2.28. The molecule has 2 nitrogen and oxygen atoms in total. The smallest absolute Gasteiger partial charge is 0.176 e. The Kier molecular flexibility index (Phi) is 3.19. The average molecular weight is 199 g/mol. The van der Waals surface area contributed by atoms with Crippen LogP contribution in [0.4, 0.5) is 4.39 Å². The second kappa shape index (κ2) is 4.18. The van der Waals surface area contributed by atoms with Crippen LogP contribution in [0.5, 0.6) is 5.75 Å². The number of allylic oxidation sites excluding steroid dienone is 1. The maximum atomic E-state index is 12.5. The largest absolute Gasteiger partial charge is 0.449 e. The van der Waals surface area contributed by atoms with Crippen molar-refractivity contribution in [2.24, 2.45) is 5.73 Å². The summed E-state index contributed by atoms with van der Waals surface area (Å²) in [5.74, 6) is 0.206. The Morgan fingerprint density at radius 1 is 1.38 bits per heavy atom. The van der Waals surface area contributed by atoms with Gasteiger partial charge < -0.3 is 10.5 Å². The Hall–Kier alpha value is -1.16. The number of hydrogen-bond acceptors (Lipinski definition) is 3. The maximum Gasteiger partial charge on any atom is 0.176 e. The molecule has 1 rings (SSSR count). The highest BCUT2D eigenvalue weighted by atomic mass is 32.1. The standard InChI is InChI=1S/C9H10FNOS/c1-6(11)9(13)12-8-4-2-7(10)3-5-8/h2-5,13H,11H2,1H3/b9-6-. The zero-order chi connectivity index (χ0) is 9.84. The molecule has 0 amide bonds. The summed E-state index contributed by atoms with van der Waals surface area (Å²) >= 11 is 4.00. The third kappa shape index (κ3) is 2.99. The Balaban J connectivity index is 2.76. The third-order valence-corrected chi connectivity index (χ3v) is 1.81. The zero-order valence-electron chi connectivity index (χ0n) is 7.12. The van der Waals surface area contributed by atoms with E-state index in [2.05, 4.69) is 12.6 Å².